The van der Waals surface area contributed by atoms with Crippen molar-refractivity contribution in [1.29, 1.82) is 0 Å². The molecule has 0 spiro atoms. The highest BCUT2D eigenvalue weighted by Gasteiger charge is 2.41. The van der Waals surface area contributed by atoms with Crippen LogP contribution >= 0.6 is 11.6 Å². The minimum Gasteiger partial charge on any atom is -0.304 e. The maximum atomic E-state index is 6.06. The molecule has 5 heteroatoms. The Morgan fingerprint density at radius 1 is 1.35 bits per heavy atom. The first-order valence-electron chi connectivity index (χ1n) is 6.06. The van der Waals surface area contributed by atoms with Crippen LogP contribution in [0.1, 0.15) is 31.1 Å². The van der Waals surface area contributed by atoms with Crippen molar-refractivity contribution >= 4 is 17.1 Å². The summed E-state index contributed by atoms with van der Waals surface area (Å²) in [4.78, 5) is 8.61. The van der Waals surface area contributed by atoms with Crippen molar-refractivity contribution < 1.29 is 0 Å². The second-order valence-corrected chi connectivity index (χ2v) is 5.36. The quantitative estimate of drug-likeness (QED) is 0.841. The molecule has 0 radical (unpaired) electrons. The topological polar surface area (TPSA) is 42.2 Å². The fraction of sp³-hybridized carbons (Fsp3) is 0.500. The Morgan fingerprint density at radius 2 is 2.29 bits per heavy atom. The molecule has 17 heavy (non-hydrogen) atoms. The van der Waals surface area contributed by atoms with Crippen LogP contribution in [0.2, 0.25) is 5.15 Å². The predicted molar refractivity (Wildman–Crippen MR) is 65.0 cm³/mol. The maximum Gasteiger partial charge on any atom is 0.154 e. The highest BCUT2D eigenvalue weighted by molar-refractivity contribution is 6.32. The van der Waals surface area contributed by atoms with Gasteiger partial charge in [0.1, 0.15) is 11.3 Å². The van der Waals surface area contributed by atoms with Gasteiger partial charge in [-0.3, -0.25) is 4.40 Å². The van der Waals surface area contributed by atoms with Gasteiger partial charge in [-0.2, -0.15) is 0 Å². The summed E-state index contributed by atoms with van der Waals surface area (Å²) < 4.78 is 2.06. The Labute approximate surface area is 104 Å². The number of nitrogens with zero attached hydrogens (tertiary/aromatic N) is 3. The van der Waals surface area contributed by atoms with Gasteiger partial charge in [-0.25, -0.2) is 9.97 Å². The van der Waals surface area contributed by atoms with Crippen LogP contribution in [0.3, 0.4) is 0 Å². The lowest BCUT2D eigenvalue weighted by Gasteiger charge is -2.22. The van der Waals surface area contributed by atoms with Crippen molar-refractivity contribution in [1.82, 2.24) is 19.7 Å². The first-order chi connectivity index (χ1) is 8.33. The summed E-state index contributed by atoms with van der Waals surface area (Å²) >= 11 is 6.06. The van der Waals surface area contributed by atoms with E-state index >= 15 is 0 Å². The zero-order valence-electron chi connectivity index (χ0n) is 9.31. The van der Waals surface area contributed by atoms with Crippen LogP contribution < -0.4 is 5.32 Å². The van der Waals surface area contributed by atoms with E-state index in [2.05, 4.69) is 19.7 Å². The molecule has 0 amide bonds. The normalized spacial score (nSPS) is 31.5. The van der Waals surface area contributed by atoms with Crippen LogP contribution in [0.4, 0.5) is 0 Å². The molecule has 2 aromatic heterocycles. The summed E-state index contributed by atoms with van der Waals surface area (Å²) in [6, 6.07) is 1.07. The Morgan fingerprint density at radius 3 is 3.06 bits per heavy atom. The molecule has 0 aromatic carbocycles. The van der Waals surface area contributed by atoms with E-state index in [1.54, 1.807) is 6.20 Å². The fourth-order valence-corrected chi connectivity index (χ4v) is 3.49. The molecule has 2 aromatic rings. The van der Waals surface area contributed by atoms with E-state index in [4.69, 9.17) is 11.6 Å². The number of rotatable bonds is 1. The Kier molecular flexibility index (Phi) is 1.99. The predicted octanol–water partition coefficient (Wildman–Crippen LogP) is 2.20. The van der Waals surface area contributed by atoms with Crippen molar-refractivity contribution in [2.75, 3.05) is 0 Å². The van der Waals surface area contributed by atoms with Crippen LogP contribution in [-0.4, -0.2) is 20.4 Å². The third-order valence-corrected chi connectivity index (χ3v) is 4.37. The first kappa shape index (κ1) is 9.85. The largest absolute Gasteiger partial charge is 0.304 e. The van der Waals surface area contributed by atoms with Gasteiger partial charge in [0, 0.05) is 18.4 Å². The van der Waals surface area contributed by atoms with Gasteiger partial charge in [0.2, 0.25) is 0 Å². The summed E-state index contributed by atoms with van der Waals surface area (Å²) in [5.41, 5.74) is 0.897. The molecule has 3 atom stereocenters. The lowest BCUT2D eigenvalue weighted by Crippen LogP contribution is -2.30. The molecular weight excluding hydrogens is 236 g/mol. The van der Waals surface area contributed by atoms with Crippen LogP contribution in [0, 0.1) is 5.92 Å². The third kappa shape index (κ3) is 1.34. The van der Waals surface area contributed by atoms with Gasteiger partial charge in [0.25, 0.3) is 0 Å². The lowest BCUT2D eigenvalue weighted by molar-refractivity contribution is 0.376. The number of hydrogen-bond donors (Lipinski definition) is 1. The molecule has 1 aliphatic heterocycles. The van der Waals surface area contributed by atoms with Gasteiger partial charge >= 0.3 is 0 Å². The van der Waals surface area contributed by atoms with Gasteiger partial charge < -0.3 is 5.32 Å². The van der Waals surface area contributed by atoms with E-state index in [1.165, 1.54) is 19.3 Å². The van der Waals surface area contributed by atoms with Gasteiger partial charge in [-0.1, -0.05) is 11.6 Å². The van der Waals surface area contributed by atoms with Crippen molar-refractivity contribution in [3.05, 3.63) is 29.6 Å². The second kappa shape index (κ2) is 3.43. The average Bonchev–Trinajstić information content (AvgIpc) is 3.03. The molecule has 4 nitrogen and oxygen atoms in total. The molecule has 2 aliphatic rings. The monoisotopic (exact) mass is 248 g/mol. The van der Waals surface area contributed by atoms with Crippen molar-refractivity contribution in [3.63, 3.8) is 0 Å². The van der Waals surface area contributed by atoms with Crippen LogP contribution in [0.5, 0.6) is 0 Å². The van der Waals surface area contributed by atoms with Gasteiger partial charge in [0.05, 0.1) is 12.2 Å². The van der Waals surface area contributed by atoms with Crippen molar-refractivity contribution in [2.24, 2.45) is 5.92 Å². The van der Waals surface area contributed by atoms with Crippen molar-refractivity contribution in [2.45, 2.75) is 31.3 Å². The molecule has 3 heterocycles. The zero-order valence-corrected chi connectivity index (χ0v) is 10.1. The molecule has 0 unspecified atom stereocenters. The van der Waals surface area contributed by atoms with Gasteiger partial charge in [-0.05, 0) is 25.2 Å². The minimum atomic E-state index is 0.384. The number of nitrogens with one attached hydrogen (secondary N) is 1. The fourth-order valence-electron chi connectivity index (χ4n) is 3.29. The highest BCUT2D eigenvalue weighted by atomic mass is 35.5. The molecule has 2 fully saturated rings. The highest BCUT2D eigenvalue weighted by Crippen LogP contribution is 2.42. The molecule has 1 N–H and O–H groups in total. The van der Waals surface area contributed by atoms with Gasteiger partial charge in [-0.15, -0.1) is 0 Å². The number of aromatic nitrogens is 3. The molecule has 88 valence electrons. The Bertz CT molecular complexity index is 579. The van der Waals surface area contributed by atoms with E-state index in [9.17, 15) is 0 Å². The summed E-state index contributed by atoms with van der Waals surface area (Å²) in [6.07, 6.45) is 9.41. The maximum absolute atomic E-state index is 6.06. The molecule has 1 aliphatic carbocycles. The summed E-state index contributed by atoms with van der Waals surface area (Å²) in [7, 11) is 0. The number of fused-ring (bicyclic) bond motifs is 3. The number of imidazole rings is 1. The third-order valence-electron chi connectivity index (χ3n) is 4.08. The first-order valence-corrected chi connectivity index (χ1v) is 6.44. The Hall–Kier alpha value is -1.13. The summed E-state index contributed by atoms with van der Waals surface area (Å²) in [6.45, 7) is 0. The smallest absolute Gasteiger partial charge is 0.154 e. The van der Waals surface area contributed by atoms with Crippen LogP contribution in [0.15, 0.2) is 18.6 Å². The SMILES string of the molecule is Clc1nccn2c([C@H]3N[C@@H]4CC[C@H]3C4)ncc12. The van der Waals surface area contributed by atoms with Gasteiger partial charge in [0.15, 0.2) is 5.15 Å². The zero-order chi connectivity index (χ0) is 11.4. The van der Waals surface area contributed by atoms with E-state index in [-0.39, 0.29) is 0 Å². The van der Waals surface area contributed by atoms with Crippen molar-refractivity contribution in [3.8, 4) is 0 Å². The van der Waals surface area contributed by atoms with E-state index in [0.29, 0.717) is 17.2 Å². The molecular formula is C12H13ClN4. The second-order valence-electron chi connectivity index (χ2n) is 5.00. The number of piperidine rings is 1. The lowest BCUT2D eigenvalue weighted by atomic mass is 9.99. The Balaban J connectivity index is 1.84. The summed E-state index contributed by atoms with van der Waals surface area (Å²) in [5, 5.41) is 4.18. The standard InChI is InChI=1S/C12H13ClN4/c13-11-9-6-15-12(17(9)4-3-14-11)10-7-1-2-8(5-7)16-10/h3-4,6-8,10,16H,1-2,5H2/t7-,8+,10-/m0/s1. The average molecular weight is 249 g/mol. The van der Waals surface area contributed by atoms with E-state index in [1.807, 2.05) is 12.4 Å². The van der Waals surface area contributed by atoms with Crippen LogP contribution in [0.25, 0.3) is 5.52 Å². The summed E-state index contributed by atoms with van der Waals surface area (Å²) in [5.74, 6) is 1.81. The van der Waals surface area contributed by atoms with E-state index < -0.39 is 0 Å². The number of hydrogen-bond acceptors (Lipinski definition) is 3. The molecule has 1 saturated heterocycles. The number of halogens is 1. The molecule has 1 saturated carbocycles. The van der Waals surface area contributed by atoms with Crippen LogP contribution in [-0.2, 0) is 0 Å². The molecule has 2 bridgehead atoms. The molecule has 4 rings (SSSR count). The minimum absolute atomic E-state index is 0.384. The van der Waals surface area contributed by atoms with E-state index in [0.717, 1.165) is 17.3 Å².